The number of nitrogens with one attached hydrogen (secondary N) is 2. The van der Waals surface area contributed by atoms with Crippen LogP contribution in [0.3, 0.4) is 0 Å². The van der Waals surface area contributed by atoms with Crippen LogP contribution in [0, 0.1) is 5.92 Å². The van der Waals surface area contributed by atoms with Gasteiger partial charge in [0.1, 0.15) is 0 Å². The molecule has 1 aliphatic heterocycles. The van der Waals surface area contributed by atoms with E-state index in [9.17, 15) is 9.90 Å². The van der Waals surface area contributed by atoms with E-state index >= 15 is 0 Å². The van der Waals surface area contributed by atoms with Gasteiger partial charge in [-0.25, -0.2) is 4.79 Å². The Kier molecular flexibility index (Phi) is 5.66. The molecule has 1 saturated heterocycles. The third kappa shape index (κ3) is 4.35. The van der Waals surface area contributed by atoms with Gasteiger partial charge in [-0.05, 0) is 58.2 Å². The first kappa shape index (κ1) is 15.6. The zero-order valence-electron chi connectivity index (χ0n) is 12.7. The van der Waals surface area contributed by atoms with Gasteiger partial charge in [0.25, 0.3) is 0 Å². The number of aliphatic hydroxyl groups excluding tert-OH is 1. The number of likely N-dealkylation sites (tertiary alicyclic amines) is 1. The fraction of sp³-hybridized carbons (Fsp3) is 0.933. The molecule has 20 heavy (non-hydrogen) atoms. The predicted molar refractivity (Wildman–Crippen MR) is 79.7 cm³/mol. The lowest BCUT2D eigenvalue weighted by molar-refractivity contribution is 0.162. The van der Waals surface area contributed by atoms with Crippen molar-refractivity contribution in [1.82, 2.24) is 15.5 Å². The number of nitrogens with zero attached hydrogens (tertiary/aromatic N) is 1. The molecule has 3 N–H and O–H groups in total. The molecule has 5 nitrogen and oxygen atoms in total. The molecule has 2 rings (SSSR count). The monoisotopic (exact) mass is 283 g/mol. The van der Waals surface area contributed by atoms with E-state index in [1.54, 1.807) is 0 Å². The van der Waals surface area contributed by atoms with Gasteiger partial charge < -0.3 is 20.6 Å². The summed E-state index contributed by atoms with van der Waals surface area (Å²) in [4.78, 5) is 14.3. The van der Waals surface area contributed by atoms with Crippen molar-refractivity contribution in [1.29, 1.82) is 0 Å². The molecule has 1 aliphatic carbocycles. The van der Waals surface area contributed by atoms with Gasteiger partial charge >= 0.3 is 6.03 Å². The Hall–Kier alpha value is -0.810. The van der Waals surface area contributed by atoms with Crippen molar-refractivity contribution >= 4 is 6.03 Å². The smallest absolute Gasteiger partial charge is 0.315 e. The second-order valence-electron chi connectivity index (χ2n) is 6.56. The first-order valence-electron chi connectivity index (χ1n) is 7.99. The molecule has 116 valence electrons. The van der Waals surface area contributed by atoms with Crippen molar-refractivity contribution in [3.8, 4) is 0 Å². The lowest BCUT2D eigenvalue weighted by Gasteiger charge is -2.30. The molecule has 2 amide bonds. The lowest BCUT2D eigenvalue weighted by atomic mass is 9.94. The number of urea groups is 1. The Morgan fingerprint density at radius 2 is 1.95 bits per heavy atom. The van der Waals surface area contributed by atoms with Crippen LogP contribution in [0.25, 0.3) is 0 Å². The summed E-state index contributed by atoms with van der Waals surface area (Å²) in [5, 5.41) is 15.4. The molecule has 5 heteroatoms. The van der Waals surface area contributed by atoms with Gasteiger partial charge in [-0.15, -0.1) is 0 Å². The fourth-order valence-electron chi connectivity index (χ4n) is 3.40. The topological polar surface area (TPSA) is 64.6 Å². The summed E-state index contributed by atoms with van der Waals surface area (Å²) < 4.78 is 0. The van der Waals surface area contributed by atoms with Crippen LogP contribution < -0.4 is 10.6 Å². The number of carbonyl (C=O) groups excluding carboxylic acids is 1. The summed E-state index contributed by atoms with van der Waals surface area (Å²) in [6, 6.07) is -0.117. The first-order chi connectivity index (χ1) is 9.63. The lowest BCUT2D eigenvalue weighted by Crippen LogP contribution is -2.53. The quantitative estimate of drug-likeness (QED) is 0.713. The van der Waals surface area contributed by atoms with Crippen molar-refractivity contribution in [2.24, 2.45) is 5.92 Å². The Bertz CT molecular complexity index is 308. The van der Waals surface area contributed by atoms with Crippen LogP contribution in [-0.2, 0) is 0 Å². The van der Waals surface area contributed by atoms with Gasteiger partial charge in [0.05, 0.1) is 12.1 Å². The summed E-state index contributed by atoms with van der Waals surface area (Å²) in [7, 11) is 2.16. The second-order valence-corrected chi connectivity index (χ2v) is 6.56. The van der Waals surface area contributed by atoms with E-state index in [-0.39, 0.29) is 18.2 Å². The number of hydrogen-bond donors (Lipinski definition) is 3. The Balaban J connectivity index is 1.62. The first-order valence-corrected chi connectivity index (χ1v) is 7.99. The Morgan fingerprint density at radius 1 is 1.30 bits per heavy atom. The zero-order valence-corrected chi connectivity index (χ0v) is 12.7. The van der Waals surface area contributed by atoms with E-state index in [1.807, 2.05) is 0 Å². The van der Waals surface area contributed by atoms with Crippen molar-refractivity contribution < 1.29 is 9.90 Å². The van der Waals surface area contributed by atoms with Crippen molar-refractivity contribution in [3.63, 3.8) is 0 Å². The highest BCUT2D eigenvalue weighted by atomic mass is 16.3. The van der Waals surface area contributed by atoms with E-state index in [2.05, 4.69) is 22.6 Å². The van der Waals surface area contributed by atoms with E-state index < -0.39 is 0 Å². The van der Waals surface area contributed by atoms with Gasteiger partial charge in [0, 0.05) is 6.54 Å². The highest BCUT2D eigenvalue weighted by Crippen LogP contribution is 2.28. The summed E-state index contributed by atoms with van der Waals surface area (Å²) in [6.45, 7) is 3.13. The molecule has 0 aromatic rings. The van der Waals surface area contributed by atoms with Crippen LogP contribution in [-0.4, -0.2) is 54.9 Å². The van der Waals surface area contributed by atoms with Gasteiger partial charge in [-0.2, -0.15) is 0 Å². The molecule has 0 unspecified atom stereocenters. The van der Waals surface area contributed by atoms with E-state index in [4.69, 9.17) is 0 Å². The number of piperidine rings is 1. The molecule has 0 spiro atoms. The van der Waals surface area contributed by atoms with Gasteiger partial charge in [0.2, 0.25) is 0 Å². The van der Waals surface area contributed by atoms with Gasteiger partial charge in [-0.3, -0.25) is 0 Å². The van der Waals surface area contributed by atoms with Crippen LogP contribution in [0.1, 0.15) is 44.9 Å². The highest BCUT2D eigenvalue weighted by molar-refractivity contribution is 5.74. The number of rotatable bonds is 5. The van der Waals surface area contributed by atoms with E-state index in [1.165, 1.54) is 25.9 Å². The van der Waals surface area contributed by atoms with Gasteiger partial charge in [0.15, 0.2) is 0 Å². The summed E-state index contributed by atoms with van der Waals surface area (Å²) in [5.41, 5.74) is -0.363. The molecule has 0 bridgehead atoms. The molecule has 2 fully saturated rings. The minimum atomic E-state index is -0.363. The molecular formula is C15H29N3O2. The van der Waals surface area contributed by atoms with Crippen LogP contribution >= 0.6 is 0 Å². The minimum Gasteiger partial charge on any atom is -0.394 e. The molecule has 0 atom stereocenters. The number of aliphatic hydroxyl groups is 1. The maximum Gasteiger partial charge on any atom is 0.315 e. The molecule has 0 aromatic heterocycles. The predicted octanol–water partition coefficient (Wildman–Crippen LogP) is 1.32. The maximum absolute atomic E-state index is 11.9. The molecule has 1 heterocycles. The van der Waals surface area contributed by atoms with Crippen molar-refractivity contribution in [2.75, 3.05) is 33.3 Å². The number of carbonyl (C=O) groups is 1. The minimum absolute atomic E-state index is 0.0510. The van der Waals surface area contributed by atoms with Crippen LogP contribution in [0.4, 0.5) is 4.79 Å². The van der Waals surface area contributed by atoms with Crippen LogP contribution in [0.15, 0.2) is 0 Å². The fourth-order valence-corrected chi connectivity index (χ4v) is 3.40. The molecule has 0 aromatic carbocycles. The SMILES string of the molecule is CN1CCC(CCNC(=O)NC2(CO)CCCC2)CC1. The second kappa shape index (κ2) is 7.27. The van der Waals surface area contributed by atoms with Crippen LogP contribution in [0.5, 0.6) is 0 Å². The zero-order chi connectivity index (χ0) is 14.4. The Labute approximate surface area is 122 Å². The average Bonchev–Trinajstić information content (AvgIpc) is 2.90. The van der Waals surface area contributed by atoms with E-state index in [0.29, 0.717) is 0 Å². The summed E-state index contributed by atoms with van der Waals surface area (Å²) >= 11 is 0. The third-order valence-electron chi connectivity index (χ3n) is 4.92. The standard InChI is InChI=1S/C15H29N3O2/c1-18-10-5-13(6-11-18)4-9-16-14(20)17-15(12-19)7-2-3-8-15/h13,19H,2-12H2,1H3,(H2,16,17,20). The molecule has 1 saturated carbocycles. The van der Waals surface area contributed by atoms with Gasteiger partial charge in [-0.1, -0.05) is 12.8 Å². The summed E-state index contributed by atoms with van der Waals surface area (Å²) in [6.07, 6.45) is 7.51. The van der Waals surface area contributed by atoms with E-state index in [0.717, 1.165) is 44.6 Å². The highest BCUT2D eigenvalue weighted by Gasteiger charge is 2.34. The Morgan fingerprint density at radius 3 is 2.55 bits per heavy atom. The third-order valence-corrected chi connectivity index (χ3v) is 4.92. The number of amides is 2. The van der Waals surface area contributed by atoms with Crippen LogP contribution in [0.2, 0.25) is 0 Å². The number of hydrogen-bond acceptors (Lipinski definition) is 3. The maximum atomic E-state index is 11.9. The largest absolute Gasteiger partial charge is 0.394 e. The van der Waals surface area contributed by atoms with Crippen molar-refractivity contribution in [3.05, 3.63) is 0 Å². The molecular weight excluding hydrogens is 254 g/mol. The summed E-state index contributed by atoms with van der Waals surface area (Å²) in [5.74, 6) is 0.741. The molecule has 2 aliphatic rings. The molecule has 0 radical (unpaired) electrons. The average molecular weight is 283 g/mol. The van der Waals surface area contributed by atoms with Crippen molar-refractivity contribution in [2.45, 2.75) is 50.5 Å². The normalized spacial score (nSPS) is 23.7.